The number of methoxy groups -OCH3 is 1. The van der Waals surface area contributed by atoms with E-state index in [1.54, 1.807) is 14.2 Å². The average Bonchev–Trinajstić information content (AvgIpc) is 3.00. The van der Waals surface area contributed by atoms with Crippen molar-refractivity contribution in [3.63, 3.8) is 0 Å². The van der Waals surface area contributed by atoms with Gasteiger partial charge in [-0.15, -0.1) is 0 Å². The standard InChI is InChI=1S/C20H31N5O2/c1-7-16-15(17(8-2)25(5)24-16)13-22-20(21-4)23-14-10-11-18(26-6)19(12-14)27-9-3/h10-12H,7-9,13H2,1-6H3,(H2,21,22,23). The lowest BCUT2D eigenvalue weighted by molar-refractivity contribution is 0.311. The minimum atomic E-state index is 0.577. The predicted octanol–water partition coefficient (Wildman–Crippen LogP) is 3.14. The predicted molar refractivity (Wildman–Crippen MR) is 110 cm³/mol. The van der Waals surface area contributed by atoms with Crippen LogP contribution in [0.4, 0.5) is 5.69 Å². The van der Waals surface area contributed by atoms with Gasteiger partial charge in [-0.1, -0.05) is 13.8 Å². The molecule has 0 spiro atoms. The maximum Gasteiger partial charge on any atom is 0.195 e. The number of aryl methyl sites for hydroxylation is 2. The van der Waals surface area contributed by atoms with E-state index in [0.717, 1.165) is 24.2 Å². The Labute approximate surface area is 161 Å². The van der Waals surface area contributed by atoms with Gasteiger partial charge >= 0.3 is 0 Å². The molecule has 2 N–H and O–H groups in total. The van der Waals surface area contributed by atoms with Crippen LogP contribution in [0.15, 0.2) is 23.2 Å². The highest BCUT2D eigenvalue weighted by molar-refractivity contribution is 5.93. The van der Waals surface area contributed by atoms with Crippen LogP contribution in [0.5, 0.6) is 11.5 Å². The summed E-state index contributed by atoms with van der Waals surface area (Å²) in [6.07, 6.45) is 1.86. The molecule has 7 nitrogen and oxygen atoms in total. The molecule has 0 aliphatic rings. The number of aromatic nitrogens is 2. The SMILES string of the molecule is CCOc1cc(NC(=NC)NCc2c(CC)nn(C)c2CC)ccc1OC. The maximum atomic E-state index is 5.64. The molecule has 0 saturated heterocycles. The van der Waals surface area contributed by atoms with Crippen molar-refractivity contribution < 1.29 is 9.47 Å². The molecular formula is C20H31N5O2. The summed E-state index contributed by atoms with van der Waals surface area (Å²) in [5.41, 5.74) is 4.50. The first-order chi connectivity index (χ1) is 13.1. The molecule has 0 aliphatic carbocycles. The third kappa shape index (κ3) is 4.93. The van der Waals surface area contributed by atoms with Crippen LogP contribution in [0.3, 0.4) is 0 Å². The van der Waals surface area contributed by atoms with Crippen molar-refractivity contribution in [1.82, 2.24) is 15.1 Å². The quantitative estimate of drug-likeness (QED) is 0.549. The largest absolute Gasteiger partial charge is 0.493 e. The Morgan fingerprint density at radius 1 is 1.19 bits per heavy atom. The molecule has 0 amide bonds. The van der Waals surface area contributed by atoms with E-state index in [2.05, 4.69) is 34.6 Å². The molecule has 148 valence electrons. The lowest BCUT2D eigenvalue weighted by atomic mass is 10.1. The van der Waals surface area contributed by atoms with Crippen LogP contribution in [0, 0.1) is 0 Å². The summed E-state index contributed by atoms with van der Waals surface area (Å²) in [5.74, 6) is 2.10. The maximum absolute atomic E-state index is 5.64. The smallest absolute Gasteiger partial charge is 0.195 e. The number of nitrogens with zero attached hydrogens (tertiary/aromatic N) is 3. The van der Waals surface area contributed by atoms with Gasteiger partial charge in [-0.25, -0.2) is 0 Å². The van der Waals surface area contributed by atoms with Crippen LogP contribution < -0.4 is 20.1 Å². The Balaban J connectivity index is 2.12. The van der Waals surface area contributed by atoms with Gasteiger partial charge in [0.2, 0.25) is 0 Å². The Morgan fingerprint density at radius 2 is 1.96 bits per heavy atom. The molecule has 0 radical (unpaired) electrons. The second-order valence-corrected chi connectivity index (χ2v) is 6.05. The first kappa shape index (κ1) is 20.6. The van der Waals surface area contributed by atoms with Crippen LogP contribution in [-0.2, 0) is 26.4 Å². The molecule has 1 aromatic heterocycles. The lowest BCUT2D eigenvalue weighted by Gasteiger charge is -2.15. The molecule has 2 aromatic rings. The minimum Gasteiger partial charge on any atom is -0.493 e. The van der Waals surface area contributed by atoms with E-state index >= 15 is 0 Å². The number of hydrogen-bond donors (Lipinski definition) is 2. The molecule has 27 heavy (non-hydrogen) atoms. The highest BCUT2D eigenvalue weighted by Crippen LogP contribution is 2.30. The number of benzene rings is 1. The van der Waals surface area contributed by atoms with Gasteiger partial charge in [-0.2, -0.15) is 5.10 Å². The van der Waals surface area contributed by atoms with E-state index in [9.17, 15) is 0 Å². The summed E-state index contributed by atoms with van der Waals surface area (Å²) in [6, 6.07) is 5.73. The second kappa shape index (κ2) is 9.85. The number of aliphatic imine (C=N–C) groups is 1. The van der Waals surface area contributed by atoms with Crippen LogP contribution in [-0.4, -0.2) is 36.5 Å². The van der Waals surface area contributed by atoms with Crippen molar-refractivity contribution in [2.75, 3.05) is 26.1 Å². The van der Waals surface area contributed by atoms with Crippen LogP contribution in [0.1, 0.15) is 37.7 Å². The summed E-state index contributed by atoms with van der Waals surface area (Å²) in [4.78, 5) is 4.33. The van der Waals surface area contributed by atoms with E-state index in [1.165, 1.54) is 11.3 Å². The summed E-state index contributed by atoms with van der Waals surface area (Å²) < 4.78 is 13.0. The Kier molecular flexibility index (Phi) is 7.52. The summed E-state index contributed by atoms with van der Waals surface area (Å²) in [7, 11) is 5.39. The number of hydrogen-bond acceptors (Lipinski definition) is 4. The van der Waals surface area contributed by atoms with E-state index < -0.39 is 0 Å². The molecule has 2 rings (SSSR count). The Hall–Kier alpha value is -2.70. The van der Waals surface area contributed by atoms with E-state index in [-0.39, 0.29) is 0 Å². The molecule has 0 saturated carbocycles. The summed E-state index contributed by atoms with van der Waals surface area (Å²) in [5, 5.41) is 11.3. The van der Waals surface area contributed by atoms with Crippen molar-refractivity contribution in [2.24, 2.45) is 12.0 Å². The highest BCUT2D eigenvalue weighted by atomic mass is 16.5. The number of rotatable bonds is 8. The molecule has 0 bridgehead atoms. The normalized spacial score (nSPS) is 11.4. The van der Waals surface area contributed by atoms with Crippen molar-refractivity contribution >= 4 is 11.6 Å². The molecule has 0 fully saturated rings. The third-order valence-corrected chi connectivity index (χ3v) is 4.41. The van der Waals surface area contributed by atoms with Crippen LogP contribution in [0.25, 0.3) is 0 Å². The number of guanidine groups is 1. The third-order valence-electron chi connectivity index (χ3n) is 4.41. The van der Waals surface area contributed by atoms with Crippen LogP contribution in [0.2, 0.25) is 0 Å². The summed E-state index contributed by atoms with van der Waals surface area (Å²) in [6.45, 7) is 7.48. The summed E-state index contributed by atoms with van der Waals surface area (Å²) >= 11 is 0. The second-order valence-electron chi connectivity index (χ2n) is 6.05. The first-order valence-electron chi connectivity index (χ1n) is 9.39. The molecule has 0 atom stereocenters. The Bertz CT molecular complexity index is 783. The van der Waals surface area contributed by atoms with Gasteiger partial charge in [0.1, 0.15) is 0 Å². The number of ether oxygens (including phenoxy) is 2. The molecule has 0 aliphatic heterocycles. The Morgan fingerprint density at radius 3 is 2.56 bits per heavy atom. The van der Waals surface area contributed by atoms with Gasteiger partial charge in [-0.3, -0.25) is 9.67 Å². The zero-order valence-electron chi connectivity index (χ0n) is 17.2. The van der Waals surface area contributed by atoms with Crippen LogP contribution >= 0.6 is 0 Å². The average molecular weight is 374 g/mol. The fraction of sp³-hybridized carbons (Fsp3) is 0.500. The van der Waals surface area contributed by atoms with Crippen molar-refractivity contribution in [3.8, 4) is 11.5 Å². The van der Waals surface area contributed by atoms with Crippen molar-refractivity contribution in [3.05, 3.63) is 35.2 Å². The highest BCUT2D eigenvalue weighted by Gasteiger charge is 2.14. The number of nitrogens with one attached hydrogen (secondary N) is 2. The molecule has 1 aromatic carbocycles. The van der Waals surface area contributed by atoms with E-state index in [0.29, 0.717) is 30.6 Å². The van der Waals surface area contributed by atoms with Gasteiger partial charge in [0.25, 0.3) is 0 Å². The monoisotopic (exact) mass is 373 g/mol. The first-order valence-corrected chi connectivity index (χ1v) is 9.39. The van der Waals surface area contributed by atoms with Gasteiger partial charge in [0.15, 0.2) is 17.5 Å². The van der Waals surface area contributed by atoms with Crippen molar-refractivity contribution in [1.29, 1.82) is 0 Å². The van der Waals surface area contributed by atoms with Gasteiger partial charge in [0.05, 0.1) is 19.4 Å². The topological polar surface area (TPSA) is 72.7 Å². The van der Waals surface area contributed by atoms with Gasteiger partial charge in [-0.05, 0) is 31.9 Å². The molecule has 1 heterocycles. The van der Waals surface area contributed by atoms with Crippen molar-refractivity contribution in [2.45, 2.75) is 40.2 Å². The zero-order chi connectivity index (χ0) is 19.8. The minimum absolute atomic E-state index is 0.577. The molecule has 7 heteroatoms. The van der Waals surface area contributed by atoms with Gasteiger partial charge in [0, 0.05) is 43.7 Å². The van der Waals surface area contributed by atoms with Gasteiger partial charge < -0.3 is 20.1 Å². The fourth-order valence-electron chi connectivity index (χ4n) is 3.10. The van der Waals surface area contributed by atoms with E-state index in [1.807, 2.05) is 36.9 Å². The van der Waals surface area contributed by atoms with E-state index in [4.69, 9.17) is 9.47 Å². The fourth-order valence-corrected chi connectivity index (χ4v) is 3.10. The zero-order valence-corrected chi connectivity index (χ0v) is 17.2. The molecular weight excluding hydrogens is 342 g/mol. The lowest BCUT2D eigenvalue weighted by Crippen LogP contribution is -2.30. The number of anilines is 1. The molecule has 0 unspecified atom stereocenters.